The third kappa shape index (κ3) is 11.2. The molecule has 0 aromatic heterocycles. The number of hydrogen-bond donors (Lipinski definition) is 9. The van der Waals surface area contributed by atoms with E-state index in [1.807, 2.05) is 0 Å². The molecule has 0 aliphatic carbocycles. The standard InChI is InChI=1S/C14H28N6O6/c1-14(25,26)9(3-2-6-18-13(16)17)20-10(21)7-19-12(24)8(15)4-5-11(22)23/h8-9,25-26H,2-7,15H2,1H3,(H,19,24)(H,20,21)(H,22,23)(H4,16,17,18)/p+1/t8-,9-/m0/s1. The third-order valence-corrected chi connectivity index (χ3v) is 3.42. The first-order chi connectivity index (χ1) is 11.9. The lowest BCUT2D eigenvalue weighted by molar-refractivity contribution is -0.460. The highest BCUT2D eigenvalue weighted by atomic mass is 16.5. The summed E-state index contributed by atoms with van der Waals surface area (Å²) in [5.74, 6) is -4.55. The number of carboxylic acids is 1. The molecule has 12 heteroatoms. The lowest BCUT2D eigenvalue weighted by Crippen LogP contribution is -2.78. The van der Waals surface area contributed by atoms with Crippen LogP contribution in [0.5, 0.6) is 0 Å². The summed E-state index contributed by atoms with van der Waals surface area (Å²) in [6.45, 7) is 1.06. The van der Waals surface area contributed by atoms with E-state index >= 15 is 0 Å². The number of carbonyl (C=O) groups excluding carboxylic acids is 2. The highest BCUT2D eigenvalue weighted by Crippen LogP contribution is 2.10. The topological polar surface area (TPSA) is 228 Å². The highest BCUT2D eigenvalue weighted by molar-refractivity contribution is 5.87. The predicted molar refractivity (Wildman–Crippen MR) is 91.1 cm³/mol. The Hall–Kier alpha value is -2.44. The van der Waals surface area contributed by atoms with Gasteiger partial charge in [-0.3, -0.25) is 30.8 Å². The molecule has 2 amide bonds. The summed E-state index contributed by atoms with van der Waals surface area (Å²) in [6, 6.07) is -2.05. The summed E-state index contributed by atoms with van der Waals surface area (Å²) in [4.78, 5) is 36.7. The lowest BCUT2D eigenvalue weighted by atomic mass is 10.0. The number of aliphatic hydroxyl groups is 2. The van der Waals surface area contributed by atoms with Gasteiger partial charge in [0.05, 0.1) is 25.2 Å². The summed E-state index contributed by atoms with van der Waals surface area (Å²) >= 11 is 0. The zero-order chi connectivity index (χ0) is 20.3. The smallest absolute Gasteiger partial charge is 0.338 e. The number of nitrogens with one attached hydrogen (secondary N) is 3. The van der Waals surface area contributed by atoms with E-state index in [0.29, 0.717) is 13.0 Å². The Bertz CT molecular complexity index is 515. The molecule has 0 aromatic carbocycles. The van der Waals surface area contributed by atoms with Crippen LogP contribution in [0.3, 0.4) is 0 Å². The second kappa shape index (κ2) is 11.2. The first kappa shape index (κ1) is 23.6. The molecule has 12 N–H and O–H groups in total. The van der Waals surface area contributed by atoms with Gasteiger partial charge in [0.25, 0.3) is 0 Å². The van der Waals surface area contributed by atoms with Gasteiger partial charge in [-0.15, -0.1) is 0 Å². The molecule has 0 aliphatic rings. The first-order valence-electron chi connectivity index (χ1n) is 8.04. The number of hydrogen-bond acceptors (Lipinski definition) is 6. The van der Waals surface area contributed by atoms with Crippen molar-refractivity contribution >= 4 is 23.7 Å². The van der Waals surface area contributed by atoms with Crippen LogP contribution in [0.2, 0.25) is 0 Å². The van der Waals surface area contributed by atoms with E-state index in [1.165, 1.54) is 0 Å². The Morgan fingerprint density at radius 1 is 1.19 bits per heavy atom. The Labute approximate surface area is 150 Å². The molecule has 12 nitrogen and oxygen atoms in total. The minimum absolute atomic E-state index is 0.0308. The van der Waals surface area contributed by atoms with Gasteiger partial charge in [0.2, 0.25) is 11.8 Å². The fraction of sp³-hybridized carbons (Fsp3) is 0.714. The van der Waals surface area contributed by atoms with Gasteiger partial charge < -0.3 is 31.7 Å². The van der Waals surface area contributed by atoms with Crippen molar-refractivity contribution in [2.45, 2.75) is 50.5 Å². The summed E-state index contributed by atoms with van der Waals surface area (Å²) in [6.07, 6.45) is 0.313. The van der Waals surface area contributed by atoms with Crippen LogP contribution in [0.1, 0.15) is 32.6 Å². The van der Waals surface area contributed by atoms with Crippen molar-refractivity contribution < 1.29 is 34.7 Å². The number of carbonyl (C=O) groups is 3. The lowest BCUT2D eigenvalue weighted by Gasteiger charge is -2.28. The van der Waals surface area contributed by atoms with Gasteiger partial charge >= 0.3 is 11.9 Å². The van der Waals surface area contributed by atoms with E-state index in [1.54, 1.807) is 0 Å². The van der Waals surface area contributed by atoms with Gasteiger partial charge in [-0.25, -0.2) is 0 Å². The number of nitrogens with two attached hydrogens (primary N) is 3. The fourth-order valence-electron chi connectivity index (χ4n) is 1.98. The van der Waals surface area contributed by atoms with E-state index in [2.05, 4.69) is 15.6 Å². The number of guanidine groups is 1. The normalized spacial score (nSPS) is 13.4. The van der Waals surface area contributed by atoms with Crippen molar-refractivity contribution in [1.29, 1.82) is 0 Å². The van der Waals surface area contributed by atoms with Crippen LogP contribution >= 0.6 is 0 Å². The van der Waals surface area contributed by atoms with Gasteiger partial charge in [-0.2, -0.15) is 0 Å². The van der Waals surface area contributed by atoms with Crippen LogP contribution in [0.4, 0.5) is 0 Å². The van der Waals surface area contributed by atoms with Crippen molar-refractivity contribution in [3.05, 3.63) is 0 Å². The molecule has 0 fully saturated rings. The molecular weight excluding hydrogens is 348 g/mol. The average molecular weight is 377 g/mol. The molecule has 0 heterocycles. The molecule has 0 aromatic rings. The van der Waals surface area contributed by atoms with Crippen molar-refractivity contribution in [1.82, 2.24) is 10.6 Å². The van der Waals surface area contributed by atoms with Gasteiger partial charge in [0, 0.05) is 6.42 Å². The molecular formula is C14H29N6O6+. The third-order valence-electron chi connectivity index (χ3n) is 3.42. The number of carboxylic acid groups (broad SMARTS) is 1. The molecule has 0 spiro atoms. The van der Waals surface area contributed by atoms with Crippen LogP contribution in [0.15, 0.2) is 0 Å². The summed E-state index contributed by atoms with van der Waals surface area (Å²) < 4.78 is 0. The zero-order valence-corrected chi connectivity index (χ0v) is 14.7. The van der Waals surface area contributed by atoms with E-state index in [0.717, 1.165) is 6.92 Å². The van der Waals surface area contributed by atoms with Gasteiger partial charge in [0.1, 0.15) is 0 Å². The Morgan fingerprint density at radius 2 is 1.81 bits per heavy atom. The van der Waals surface area contributed by atoms with Gasteiger partial charge in [-0.05, 0) is 26.2 Å². The van der Waals surface area contributed by atoms with Crippen LogP contribution in [-0.2, 0) is 14.4 Å². The summed E-state index contributed by atoms with van der Waals surface area (Å²) in [5, 5.41) is 32.7. The summed E-state index contributed by atoms with van der Waals surface area (Å²) in [5.41, 5.74) is 16.0. The maximum Gasteiger partial charge on any atom is 0.338 e. The minimum atomic E-state index is -2.17. The molecule has 26 heavy (non-hydrogen) atoms. The Kier molecular flexibility index (Phi) is 10.2. The Balaban J connectivity index is 4.41. The van der Waals surface area contributed by atoms with Crippen molar-refractivity contribution in [2.24, 2.45) is 17.2 Å². The van der Waals surface area contributed by atoms with Gasteiger partial charge in [-0.1, -0.05) is 0 Å². The Morgan fingerprint density at radius 3 is 2.31 bits per heavy atom. The van der Waals surface area contributed by atoms with Crippen LogP contribution < -0.4 is 32.8 Å². The fourth-order valence-corrected chi connectivity index (χ4v) is 1.98. The molecule has 0 rings (SSSR count). The molecule has 2 atom stereocenters. The van der Waals surface area contributed by atoms with E-state index in [-0.39, 0.29) is 25.2 Å². The molecule has 0 saturated carbocycles. The molecule has 0 saturated heterocycles. The van der Waals surface area contributed by atoms with Crippen LogP contribution in [0, 0.1) is 0 Å². The van der Waals surface area contributed by atoms with Crippen molar-refractivity contribution in [2.75, 3.05) is 13.1 Å². The molecule has 0 aliphatic heterocycles. The number of aliphatic carboxylic acids is 1. The maximum atomic E-state index is 11.9. The zero-order valence-electron chi connectivity index (χ0n) is 14.7. The second-order valence-electron chi connectivity index (χ2n) is 6.00. The van der Waals surface area contributed by atoms with Crippen molar-refractivity contribution in [3.8, 4) is 0 Å². The van der Waals surface area contributed by atoms with E-state index in [4.69, 9.17) is 22.3 Å². The molecule has 150 valence electrons. The van der Waals surface area contributed by atoms with Crippen molar-refractivity contribution in [3.63, 3.8) is 0 Å². The quantitative estimate of drug-likeness (QED) is 0.0683. The van der Waals surface area contributed by atoms with E-state index in [9.17, 15) is 24.6 Å². The number of amides is 2. The first-order valence-corrected chi connectivity index (χ1v) is 8.04. The SMILES string of the molecule is CC(O)(O)[C@H](CCC[NH+]=C(N)N)NC(=O)CNC(=O)[C@@H](N)CCC(=O)O. The molecule has 0 bridgehead atoms. The maximum absolute atomic E-state index is 11.9. The van der Waals surface area contributed by atoms with Crippen LogP contribution in [0.25, 0.3) is 0 Å². The largest absolute Gasteiger partial charge is 0.481 e. The van der Waals surface area contributed by atoms with E-state index < -0.39 is 42.2 Å². The molecule has 0 unspecified atom stereocenters. The summed E-state index contributed by atoms with van der Waals surface area (Å²) in [7, 11) is 0. The average Bonchev–Trinajstić information content (AvgIpc) is 2.51. The second-order valence-corrected chi connectivity index (χ2v) is 6.00. The minimum Gasteiger partial charge on any atom is -0.481 e. The highest BCUT2D eigenvalue weighted by Gasteiger charge is 2.30. The number of rotatable bonds is 12. The molecule has 0 radical (unpaired) electrons. The van der Waals surface area contributed by atoms with Gasteiger partial charge in [0.15, 0.2) is 5.79 Å². The monoisotopic (exact) mass is 377 g/mol. The van der Waals surface area contributed by atoms with Crippen LogP contribution in [-0.4, -0.2) is 70.0 Å². The predicted octanol–water partition coefficient (Wildman–Crippen LogP) is -5.39.